The van der Waals surface area contributed by atoms with E-state index >= 15 is 0 Å². The summed E-state index contributed by atoms with van der Waals surface area (Å²) in [5.41, 5.74) is 5.79. The van der Waals surface area contributed by atoms with Crippen molar-refractivity contribution in [1.29, 1.82) is 0 Å². The number of nitrogens with one attached hydrogen (secondary N) is 1. The molecule has 0 fully saturated rings. The average Bonchev–Trinajstić information content (AvgIpc) is 2.86. The number of rotatable bonds is 2. The third-order valence-electron chi connectivity index (χ3n) is 4.31. The van der Waals surface area contributed by atoms with E-state index in [1.54, 1.807) is 0 Å². The second kappa shape index (κ2) is 5.82. The second-order valence-corrected chi connectivity index (χ2v) is 7.35. The topological polar surface area (TPSA) is 37.8 Å². The highest BCUT2D eigenvalue weighted by Gasteiger charge is 2.25. The van der Waals surface area contributed by atoms with Gasteiger partial charge in [-0.3, -0.25) is 14.6 Å². The lowest BCUT2D eigenvalue weighted by Crippen LogP contribution is -2.25. The first kappa shape index (κ1) is 16.3. The first-order valence-electron chi connectivity index (χ1n) is 8.27. The summed E-state index contributed by atoms with van der Waals surface area (Å²) >= 11 is 0. The molecule has 0 aliphatic carbocycles. The Hall–Kier alpha value is -2.55. The van der Waals surface area contributed by atoms with Crippen molar-refractivity contribution in [2.24, 2.45) is 0 Å². The molecule has 1 N–H and O–H groups in total. The third-order valence-corrected chi connectivity index (χ3v) is 4.31. The largest absolute Gasteiger partial charge is 0.279 e. The number of benzene rings is 2. The summed E-state index contributed by atoms with van der Waals surface area (Å²) in [6, 6.07) is 16.3. The quantitative estimate of drug-likeness (QED) is 0.718. The lowest BCUT2D eigenvalue weighted by molar-refractivity contribution is 0.358. The summed E-state index contributed by atoms with van der Waals surface area (Å²) in [4.78, 5) is 12.8. The predicted octanol–water partition coefficient (Wildman–Crippen LogP) is 4.88. The van der Waals surface area contributed by atoms with Crippen molar-refractivity contribution in [3.05, 3.63) is 70.0 Å². The van der Waals surface area contributed by atoms with Gasteiger partial charge in [0.05, 0.1) is 16.8 Å². The number of H-pyrrole nitrogens is 1. The number of hydrogen-bond acceptors (Lipinski definition) is 1. The van der Waals surface area contributed by atoms with Gasteiger partial charge in [0.1, 0.15) is 0 Å². The van der Waals surface area contributed by atoms with Crippen molar-refractivity contribution < 1.29 is 0 Å². The summed E-state index contributed by atoms with van der Waals surface area (Å²) in [7, 11) is 0. The minimum Gasteiger partial charge on any atom is -0.279 e. The van der Waals surface area contributed by atoms with Crippen LogP contribution in [0.5, 0.6) is 0 Å². The van der Waals surface area contributed by atoms with Gasteiger partial charge >= 0.3 is 0 Å². The van der Waals surface area contributed by atoms with E-state index < -0.39 is 0 Å². The first-order valence-corrected chi connectivity index (χ1v) is 8.27. The lowest BCUT2D eigenvalue weighted by atomic mass is 9.96. The van der Waals surface area contributed by atoms with Crippen LogP contribution in [0, 0.1) is 13.8 Å². The van der Waals surface area contributed by atoms with Crippen LogP contribution in [0.3, 0.4) is 0 Å². The Balaban J connectivity index is 2.38. The van der Waals surface area contributed by atoms with Crippen molar-refractivity contribution in [2.75, 3.05) is 0 Å². The number of nitrogens with zero attached hydrogens (tertiary/aromatic N) is 1. The van der Waals surface area contributed by atoms with Gasteiger partial charge < -0.3 is 0 Å². The van der Waals surface area contributed by atoms with Gasteiger partial charge in [0.2, 0.25) is 0 Å². The minimum absolute atomic E-state index is 0.0490. The number of aromatic amines is 1. The van der Waals surface area contributed by atoms with Crippen molar-refractivity contribution in [1.82, 2.24) is 9.78 Å². The molecule has 3 rings (SSSR count). The van der Waals surface area contributed by atoms with Crippen LogP contribution >= 0.6 is 0 Å². The van der Waals surface area contributed by atoms with E-state index in [2.05, 4.69) is 51.9 Å². The molecule has 0 atom stereocenters. The van der Waals surface area contributed by atoms with E-state index in [4.69, 9.17) is 0 Å². The molecule has 0 bridgehead atoms. The molecule has 0 spiro atoms. The highest BCUT2D eigenvalue weighted by molar-refractivity contribution is 5.82. The molecule has 0 aliphatic rings. The van der Waals surface area contributed by atoms with Gasteiger partial charge in [0.15, 0.2) is 0 Å². The SMILES string of the molecule is Cc1ccc(-c2c(-c3ccccc3C)n(C(C)(C)C)[nH]c2=O)cc1. The van der Waals surface area contributed by atoms with Crippen LogP contribution in [0.25, 0.3) is 22.4 Å². The second-order valence-electron chi connectivity index (χ2n) is 7.35. The Kier molecular flexibility index (Phi) is 3.96. The van der Waals surface area contributed by atoms with E-state index in [0.717, 1.165) is 27.9 Å². The average molecular weight is 320 g/mol. The van der Waals surface area contributed by atoms with Gasteiger partial charge in [-0.2, -0.15) is 0 Å². The Bertz CT molecular complexity index is 922. The van der Waals surface area contributed by atoms with Gasteiger partial charge in [0, 0.05) is 5.56 Å². The molecule has 24 heavy (non-hydrogen) atoms. The zero-order chi connectivity index (χ0) is 17.5. The van der Waals surface area contributed by atoms with Gasteiger partial charge in [-0.25, -0.2) is 0 Å². The van der Waals surface area contributed by atoms with Crippen LogP contribution in [-0.4, -0.2) is 9.78 Å². The molecule has 3 nitrogen and oxygen atoms in total. The Labute approximate surface area is 143 Å². The Morgan fingerprint density at radius 1 is 0.917 bits per heavy atom. The van der Waals surface area contributed by atoms with Gasteiger partial charge in [-0.05, 0) is 45.7 Å². The van der Waals surface area contributed by atoms with Crippen molar-refractivity contribution >= 4 is 0 Å². The summed E-state index contributed by atoms with van der Waals surface area (Å²) < 4.78 is 1.99. The molecule has 1 heterocycles. The zero-order valence-electron chi connectivity index (χ0n) is 15.0. The fourth-order valence-corrected chi connectivity index (χ4v) is 3.02. The van der Waals surface area contributed by atoms with Crippen LogP contribution in [0.15, 0.2) is 53.3 Å². The highest BCUT2D eigenvalue weighted by atomic mass is 16.1. The molecule has 0 amide bonds. The van der Waals surface area contributed by atoms with E-state index in [1.807, 2.05) is 41.1 Å². The maximum Gasteiger partial charge on any atom is 0.272 e. The van der Waals surface area contributed by atoms with Crippen LogP contribution in [0.4, 0.5) is 0 Å². The molecule has 2 aromatic carbocycles. The zero-order valence-corrected chi connectivity index (χ0v) is 15.0. The Morgan fingerprint density at radius 3 is 2.12 bits per heavy atom. The van der Waals surface area contributed by atoms with E-state index in [0.29, 0.717) is 0 Å². The normalized spacial score (nSPS) is 11.7. The number of aromatic nitrogens is 2. The van der Waals surface area contributed by atoms with E-state index in [1.165, 1.54) is 5.56 Å². The number of aryl methyl sites for hydroxylation is 2. The number of hydrogen-bond donors (Lipinski definition) is 1. The monoisotopic (exact) mass is 320 g/mol. The van der Waals surface area contributed by atoms with Crippen LogP contribution in [-0.2, 0) is 5.54 Å². The Morgan fingerprint density at radius 2 is 1.54 bits per heavy atom. The van der Waals surface area contributed by atoms with Gasteiger partial charge in [-0.1, -0.05) is 54.1 Å². The van der Waals surface area contributed by atoms with Crippen LogP contribution in [0.1, 0.15) is 31.9 Å². The molecule has 0 saturated heterocycles. The minimum atomic E-state index is -0.222. The van der Waals surface area contributed by atoms with Gasteiger partial charge in [-0.15, -0.1) is 0 Å². The van der Waals surface area contributed by atoms with Gasteiger partial charge in [0.25, 0.3) is 5.56 Å². The smallest absolute Gasteiger partial charge is 0.272 e. The fourth-order valence-electron chi connectivity index (χ4n) is 3.02. The summed E-state index contributed by atoms with van der Waals surface area (Å²) in [5, 5.41) is 3.05. The molecule has 0 unspecified atom stereocenters. The van der Waals surface area contributed by atoms with Crippen LogP contribution in [0.2, 0.25) is 0 Å². The fraction of sp³-hybridized carbons (Fsp3) is 0.286. The van der Waals surface area contributed by atoms with E-state index in [9.17, 15) is 4.79 Å². The standard InChI is InChI=1S/C21H24N2O/c1-14-10-12-16(13-11-14)18-19(17-9-7-6-8-15(17)2)23(21(3,4)5)22-20(18)24/h6-13H,1-5H3,(H,22,24). The van der Waals surface area contributed by atoms with E-state index in [-0.39, 0.29) is 11.1 Å². The molecule has 0 radical (unpaired) electrons. The maximum absolute atomic E-state index is 12.8. The molecule has 0 saturated carbocycles. The molecular formula is C21H24N2O. The molecule has 0 aliphatic heterocycles. The third kappa shape index (κ3) is 2.82. The summed E-state index contributed by atoms with van der Waals surface area (Å²) in [5.74, 6) is 0. The van der Waals surface area contributed by atoms with Crippen molar-refractivity contribution in [3.63, 3.8) is 0 Å². The van der Waals surface area contributed by atoms with Crippen LogP contribution < -0.4 is 5.56 Å². The highest BCUT2D eigenvalue weighted by Crippen LogP contribution is 2.34. The van der Waals surface area contributed by atoms with Crippen molar-refractivity contribution in [2.45, 2.75) is 40.2 Å². The maximum atomic E-state index is 12.8. The lowest BCUT2D eigenvalue weighted by Gasteiger charge is -2.24. The van der Waals surface area contributed by atoms with Crippen molar-refractivity contribution in [3.8, 4) is 22.4 Å². The first-order chi connectivity index (χ1) is 11.3. The molecule has 124 valence electrons. The molecule has 3 heteroatoms. The summed E-state index contributed by atoms with van der Waals surface area (Å²) in [6.45, 7) is 10.4. The molecular weight excluding hydrogens is 296 g/mol. The predicted molar refractivity (Wildman–Crippen MR) is 100 cm³/mol. The molecule has 1 aromatic heterocycles. The molecule has 3 aromatic rings. The summed E-state index contributed by atoms with van der Waals surface area (Å²) in [6.07, 6.45) is 0.